The monoisotopic (exact) mass is 244 g/mol. The van der Waals surface area contributed by atoms with Crippen molar-refractivity contribution in [3.8, 4) is 0 Å². The average Bonchev–Trinajstić information content (AvgIpc) is 2.68. The molecule has 0 unspecified atom stereocenters. The maximum Gasteiger partial charge on any atom is 0.318 e. The van der Waals surface area contributed by atoms with Crippen LogP contribution in [0.5, 0.6) is 0 Å². The number of rotatable bonds is 0. The molecular weight excluding hydrogens is 238 g/mol. The molecule has 1 aromatic carbocycles. The van der Waals surface area contributed by atoms with Crippen LogP contribution in [0.2, 0.25) is 0 Å². The number of ketones is 1. The van der Waals surface area contributed by atoms with Crippen LogP contribution in [0, 0.1) is 0 Å². The molecule has 6 heteroatoms. The van der Waals surface area contributed by atoms with E-state index in [-0.39, 0.29) is 59.1 Å². The van der Waals surface area contributed by atoms with E-state index in [0.29, 0.717) is 10.6 Å². The second-order valence-corrected chi connectivity index (χ2v) is 3.37. The number of aromatic nitrogens is 1. The molecule has 1 N–H and O–H groups in total. The second kappa shape index (κ2) is 5.61. The molecule has 0 aliphatic carbocycles. The van der Waals surface area contributed by atoms with E-state index in [0.717, 1.165) is 10.9 Å². The van der Waals surface area contributed by atoms with Crippen molar-refractivity contribution in [2.24, 2.45) is 4.99 Å². The Bertz CT molecular complexity index is 719. The summed E-state index contributed by atoms with van der Waals surface area (Å²) in [4.78, 5) is 29.1. The summed E-state index contributed by atoms with van der Waals surface area (Å²) in [5.74, 6) is -1.26. The first kappa shape index (κ1) is 14.8. The molecule has 0 spiro atoms. The van der Waals surface area contributed by atoms with E-state index in [1.165, 1.54) is 6.08 Å². The van der Waals surface area contributed by atoms with Gasteiger partial charge in [-0.25, -0.2) is 4.99 Å². The summed E-state index contributed by atoms with van der Waals surface area (Å²) in [7, 11) is 0. The van der Waals surface area contributed by atoms with Crippen LogP contribution in [0.4, 0.5) is 0 Å². The van der Waals surface area contributed by atoms with Crippen LogP contribution >= 0.6 is 0 Å². The summed E-state index contributed by atoms with van der Waals surface area (Å²) >= 11 is 0. The largest absolute Gasteiger partial charge is 0.361 e. The van der Waals surface area contributed by atoms with Crippen LogP contribution in [0.25, 0.3) is 17.0 Å². The third-order valence-corrected chi connectivity index (χ3v) is 2.45. The first-order valence-electron chi connectivity index (χ1n) is 4.50. The Balaban J connectivity index is 0.000000722. The third-order valence-electron chi connectivity index (χ3n) is 2.45. The standard InChI is InChI=1S/C11H6N2O2.2Na/c14-9-5-6-1-2-8-7(3-4-12-8)10(6)13-11(9)15;;/h1-5,12H;;. The predicted octanol–water partition coefficient (Wildman–Crippen LogP) is -1.08. The molecule has 0 atom stereocenters. The number of hydrogen-bond donors (Lipinski definition) is 1. The molecule has 17 heavy (non-hydrogen) atoms. The fourth-order valence-corrected chi connectivity index (χ4v) is 1.74. The first-order valence-corrected chi connectivity index (χ1v) is 4.50. The van der Waals surface area contributed by atoms with Gasteiger partial charge in [0.1, 0.15) is 0 Å². The molecule has 4 nitrogen and oxygen atoms in total. The summed E-state index contributed by atoms with van der Waals surface area (Å²) in [5, 5.41) is 2.15. The Morgan fingerprint density at radius 3 is 2.59 bits per heavy atom. The number of aromatic amines is 1. The second-order valence-electron chi connectivity index (χ2n) is 3.37. The van der Waals surface area contributed by atoms with E-state index >= 15 is 0 Å². The zero-order valence-electron chi connectivity index (χ0n) is 9.65. The summed E-state index contributed by atoms with van der Waals surface area (Å²) < 4.78 is 0. The zero-order valence-corrected chi connectivity index (χ0v) is 13.7. The molecule has 3 rings (SSSR count). The topological polar surface area (TPSA) is 62.3 Å². The van der Waals surface area contributed by atoms with Crippen LogP contribution in [0.3, 0.4) is 0 Å². The molecule has 0 saturated heterocycles. The van der Waals surface area contributed by atoms with Gasteiger partial charge in [-0.15, -0.1) is 0 Å². The number of H-pyrrole nitrogens is 1. The van der Waals surface area contributed by atoms with Crippen molar-refractivity contribution in [3.05, 3.63) is 35.0 Å². The normalized spacial score (nSPS) is 12.9. The number of Topliss-reactive ketones (excluding diaryl/α,β-unsaturated/α-hetero) is 1. The average molecular weight is 244 g/mol. The molecule has 1 aromatic heterocycles. The molecule has 0 fully saturated rings. The van der Waals surface area contributed by atoms with E-state index in [9.17, 15) is 9.59 Å². The number of nitrogens with zero attached hydrogens (tertiary/aromatic N) is 1. The van der Waals surface area contributed by atoms with Gasteiger partial charge in [0.2, 0.25) is 5.78 Å². The SMILES string of the molecule is O=C1C=c2ccc3[nH]ccc3c2=NC1=O.[Na].[Na]. The molecule has 0 saturated carbocycles. The number of nitrogens with one attached hydrogen (secondary N) is 1. The number of amides is 1. The molecule has 74 valence electrons. The van der Waals surface area contributed by atoms with Gasteiger partial charge in [0.05, 0.1) is 5.36 Å². The van der Waals surface area contributed by atoms with Crippen molar-refractivity contribution >= 4 is 87.8 Å². The van der Waals surface area contributed by atoms with Gasteiger partial charge in [0.15, 0.2) is 0 Å². The Labute approximate surface area is 141 Å². The maximum absolute atomic E-state index is 11.2. The first-order chi connectivity index (χ1) is 7.25. The molecule has 2 radical (unpaired) electrons. The van der Waals surface area contributed by atoms with Crippen molar-refractivity contribution < 1.29 is 9.59 Å². The van der Waals surface area contributed by atoms with Gasteiger partial charge in [-0.05, 0) is 12.1 Å². The summed E-state index contributed by atoms with van der Waals surface area (Å²) in [6.45, 7) is 0. The van der Waals surface area contributed by atoms with Gasteiger partial charge in [0.25, 0.3) is 0 Å². The Hall–Kier alpha value is -0.230. The van der Waals surface area contributed by atoms with E-state index in [1.54, 1.807) is 12.3 Å². The van der Waals surface area contributed by atoms with Crippen molar-refractivity contribution in [1.82, 2.24) is 4.98 Å². The van der Waals surface area contributed by atoms with Crippen molar-refractivity contribution in [1.29, 1.82) is 0 Å². The molecule has 0 bridgehead atoms. The molecule has 1 aliphatic heterocycles. The minimum atomic E-state index is -0.698. The summed E-state index contributed by atoms with van der Waals surface area (Å²) in [6, 6.07) is 5.49. The number of carbonyl (C=O) groups is 2. The fraction of sp³-hybridized carbons (Fsp3) is 0. The fourth-order valence-electron chi connectivity index (χ4n) is 1.74. The summed E-state index contributed by atoms with van der Waals surface area (Å²) in [6.07, 6.45) is 3.11. The Morgan fingerprint density at radius 2 is 1.82 bits per heavy atom. The number of benzene rings is 1. The van der Waals surface area contributed by atoms with Crippen LogP contribution in [0.15, 0.2) is 29.4 Å². The van der Waals surface area contributed by atoms with Gasteiger partial charge >= 0.3 is 5.91 Å². The van der Waals surface area contributed by atoms with Crippen LogP contribution in [-0.4, -0.2) is 75.8 Å². The van der Waals surface area contributed by atoms with Crippen LogP contribution in [-0.2, 0) is 9.59 Å². The number of hydrogen-bond acceptors (Lipinski definition) is 2. The van der Waals surface area contributed by atoms with Crippen LogP contribution in [0.1, 0.15) is 0 Å². The molecule has 1 aliphatic rings. The number of carbonyl (C=O) groups excluding carboxylic acids is 2. The molecule has 2 heterocycles. The van der Waals surface area contributed by atoms with Gasteiger partial charge in [-0.2, -0.15) is 0 Å². The van der Waals surface area contributed by atoms with Gasteiger partial charge in [-0.1, -0.05) is 6.07 Å². The molecular formula is C11H6N2Na2O2. The molecule has 1 amide bonds. The van der Waals surface area contributed by atoms with Gasteiger partial charge in [-0.3, -0.25) is 9.59 Å². The van der Waals surface area contributed by atoms with Gasteiger partial charge < -0.3 is 4.98 Å². The predicted molar refractivity (Wildman–Crippen MR) is 65.1 cm³/mol. The molecule has 2 aromatic rings. The Morgan fingerprint density at radius 1 is 1.06 bits per heavy atom. The van der Waals surface area contributed by atoms with Gasteiger partial charge in [0, 0.05) is 87.5 Å². The minimum Gasteiger partial charge on any atom is -0.361 e. The van der Waals surface area contributed by atoms with Crippen molar-refractivity contribution in [3.63, 3.8) is 0 Å². The van der Waals surface area contributed by atoms with E-state index in [2.05, 4.69) is 9.98 Å². The number of fused-ring (bicyclic) bond motifs is 3. The van der Waals surface area contributed by atoms with Crippen molar-refractivity contribution in [2.75, 3.05) is 0 Å². The van der Waals surface area contributed by atoms with Crippen LogP contribution < -0.4 is 10.6 Å². The quantitative estimate of drug-likeness (QED) is 0.473. The summed E-state index contributed by atoms with van der Waals surface area (Å²) in [5.41, 5.74) is 0.910. The van der Waals surface area contributed by atoms with E-state index in [4.69, 9.17) is 0 Å². The zero-order chi connectivity index (χ0) is 10.4. The smallest absolute Gasteiger partial charge is 0.318 e. The Kier molecular flexibility index (Phi) is 4.89. The third kappa shape index (κ3) is 2.47. The van der Waals surface area contributed by atoms with E-state index < -0.39 is 11.7 Å². The van der Waals surface area contributed by atoms with Crippen molar-refractivity contribution in [2.45, 2.75) is 0 Å². The minimum absolute atomic E-state index is 0. The van der Waals surface area contributed by atoms with E-state index in [1.807, 2.05) is 12.1 Å². The maximum atomic E-state index is 11.2.